The van der Waals surface area contributed by atoms with Gasteiger partial charge < -0.3 is 24.8 Å². The smallest absolute Gasteiger partial charge is 0.191 e. The van der Waals surface area contributed by atoms with E-state index in [-0.39, 0.29) is 0 Å². The van der Waals surface area contributed by atoms with E-state index < -0.39 is 0 Å². The molecule has 0 aromatic heterocycles. The molecule has 1 atom stereocenters. The Labute approximate surface area is 187 Å². The van der Waals surface area contributed by atoms with E-state index in [1.807, 2.05) is 6.07 Å². The number of ether oxygens (including phenoxy) is 3. The normalized spacial score (nSPS) is 20.5. The Balaban J connectivity index is 1.51. The Hall–Kier alpha value is -1.99. The number of methoxy groups -OCH3 is 2. The lowest BCUT2D eigenvalue weighted by atomic mass is 10.0. The van der Waals surface area contributed by atoms with E-state index in [9.17, 15) is 0 Å². The van der Waals surface area contributed by atoms with Crippen molar-refractivity contribution in [3.63, 3.8) is 0 Å². The number of nitrogens with one attached hydrogen (secondary N) is 2. The second-order valence-corrected chi connectivity index (χ2v) is 8.73. The molecule has 1 saturated carbocycles. The van der Waals surface area contributed by atoms with E-state index in [0.717, 1.165) is 76.2 Å². The molecule has 1 aliphatic carbocycles. The average Bonchev–Trinajstić information content (AvgIpc) is 3.42. The molecule has 1 aliphatic heterocycles. The van der Waals surface area contributed by atoms with Gasteiger partial charge in [0, 0.05) is 58.0 Å². The van der Waals surface area contributed by atoms with E-state index in [0.29, 0.717) is 11.5 Å². The predicted molar refractivity (Wildman–Crippen MR) is 125 cm³/mol. The molecule has 0 bridgehead atoms. The molecule has 7 heteroatoms. The molecule has 0 spiro atoms. The minimum absolute atomic E-state index is 0.366. The molecule has 174 valence electrons. The third kappa shape index (κ3) is 7.28. The first-order valence-electron chi connectivity index (χ1n) is 11.7. The highest BCUT2D eigenvalue weighted by Gasteiger charge is 2.42. The van der Waals surface area contributed by atoms with Crippen LogP contribution in [0.1, 0.15) is 45.1 Å². The van der Waals surface area contributed by atoms with E-state index >= 15 is 0 Å². The highest BCUT2D eigenvalue weighted by Crippen LogP contribution is 2.49. The Morgan fingerprint density at radius 2 is 1.90 bits per heavy atom. The molecular formula is C24H40N4O3. The summed E-state index contributed by atoms with van der Waals surface area (Å²) >= 11 is 0. The summed E-state index contributed by atoms with van der Waals surface area (Å²) < 4.78 is 16.4. The van der Waals surface area contributed by atoms with Crippen LogP contribution < -0.4 is 20.1 Å². The molecule has 31 heavy (non-hydrogen) atoms. The summed E-state index contributed by atoms with van der Waals surface area (Å²) in [5, 5.41) is 7.09. The van der Waals surface area contributed by atoms with Gasteiger partial charge in [0.15, 0.2) is 5.96 Å². The zero-order valence-electron chi connectivity index (χ0n) is 19.7. The second kappa shape index (κ2) is 11.6. The summed E-state index contributed by atoms with van der Waals surface area (Å²) in [4.78, 5) is 7.40. The summed E-state index contributed by atoms with van der Waals surface area (Å²) in [5.74, 6) is 2.62. The Morgan fingerprint density at radius 1 is 1.16 bits per heavy atom. The first-order valence-corrected chi connectivity index (χ1v) is 11.7. The number of nitrogens with zero attached hydrogens (tertiary/aromatic N) is 2. The fraction of sp³-hybridized carbons (Fsp3) is 0.708. The molecule has 1 unspecified atom stereocenters. The standard InChI is InChI=1S/C24H40N4O3/c1-5-25-23(26-18-24(8-9-24)10-12-31-6-2)27-20-7-11-28(17-20)16-19-13-21(29-3)15-22(14-19)30-4/h13-15,20H,5-12,16-18H2,1-4H3,(H2,25,26,27). The fourth-order valence-electron chi connectivity index (χ4n) is 4.17. The van der Waals surface area contributed by atoms with Crippen LogP contribution in [0.2, 0.25) is 0 Å². The third-order valence-corrected chi connectivity index (χ3v) is 6.29. The van der Waals surface area contributed by atoms with Crippen LogP contribution in [-0.4, -0.2) is 70.5 Å². The van der Waals surface area contributed by atoms with E-state index in [4.69, 9.17) is 19.2 Å². The lowest BCUT2D eigenvalue weighted by Crippen LogP contribution is -2.44. The van der Waals surface area contributed by atoms with Crippen molar-refractivity contribution >= 4 is 5.96 Å². The van der Waals surface area contributed by atoms with Gasteiger partial charge in [-0.25, -0.2) is 0 Å². The fourth-order valence-corrected chi connectivity index (χ4v) is 4.17. The van der Waals surface area contributed by atoms with Crippen molar-refractivity contribution in [1.29, 1.82) is 0 Å². The summed E-state index contributed by atoms with van der Waals surface area (Å²) in [6.45, 7) is 10.5. The topological polar surface area (TPSA) is 67.4 Å². The first-order chi connectivity index (χ1) is 15.1. The number of hydrogen-bond acceptors (Lipinski definition) is 5. The minimum atomic E-state index is 0.366. The van der Waals surface area contributed by atoms with Crippen LogP contribution in [0.25, 0.3) is 0 Å². The number of hydrogen-bond donors (Lipinski definition) is 2. The molecule has 2 aliphatic rings. The molecular weight excluding hydrogens is 392 g/mol. The SMILES string of the molecule is CCNC(=NCC1(CCOCC)CC1)NC1CCN(Cc2cc(OC)cc(OC)c2)C1. The highest BCUT2D eigenvalue weighted by atomic mass is 16.5. The van der Waals surface area contributed by atoms with Crippen LogP contribution in [0.4, 0.5) is 0 Å². The van der Waals surface area contributed by atoms with Crippen molar-refractivity contribution < 1.29 is 14.2 Å². The van der Waals surface area contributed by atoms with Gasteiger partial charge in [-0.15, -0.1) is 0 Å². The summed E-state index contributed by atoms with van der Waals surface area (Å²) in [6, 6.07) is 6.50. The molecule has 1 aromatic rings. The predicted octanol–water partition coefficient (Wildman–Crippen LogP) is 3.04. The zero-order chi connectivity index (χ0) is 22.1. The lowest BCUT2D eigenvalue weighted by Gasteiger charge is -2.20. The van der Waals surface area contributed by atoms with Crippen LogP contribution in [-0.2, 0) is 11.3 Å². The van der Waals surface area contributed by atoms with Gasteiger partial charge >= 0.3 is 0 Å². The monoisotopic (exact) mass is 432 g/mol. The number of aliphatic imine (C=N–C) groups is 1. The molecule has 7 nitrogen and oxygen atoms in total. The van der Waals surface area contributed by atoms with Crippen molar-refractivity contribution in [2.24, 2.45) is 10.4 Å². The Morgan fingerprint density at radius 3 is 2.52 bits per heavy atom. The molecule has 1 saturated heterocycles. The average molecular weight is 433 g/mol. The maximum absolute atomic E-state index is 5.56. The third-order valence-electron chi connectivity index (χ3n) is 6.29. The van der Waals surface area contributed by atoms with Crippen molar-refractivity contribution in [3.05, 3.63) is 23.8 Å². The molecule has 1 heterocycles. The molecule has 1 aromatic carbocycles. The molecule has 2 N–H and O–H groups in total. The lowest BCUT2D eigenvalue weighted by molar-refractivity contribution is 0.129. The maximum atomic E-state index is 5.56. The van der Waals surface area contributed by atoms with Gasteiger partial charge in [0.25, 0.3) is 0 Å². The number of benzene rings is 1. The quantitative estimate of drug-likeness (QED) is 0.301. The first kappa shape index (κ1) is 23.7. The number of rotatable bonds is 12. The van der Waals surface area contributed by atoms with Crippen LogP contribution in [0.15, 0.2) is 23.2 Å². The van der Waals surface area contributed by atoms with Gasteiger partial charge in [0.05, 0.1) is 14.2 Å². The van der Waals surface area contributed by atoms with Gasteiger partial charge in [0.2, 0.25) is 0 Å². The van der Waals surface area contributed by atoms with Gasteiger partial charge in [-0.1, -0.05) is 0 Å². The highest BCUT2D eigenvalue weighted by molar-refractivity contribution is 5.80. The summed E-state index contributed by atoms with van der Waals surface area (Å²) in [7, 11) is 3.39. The zero-order valence-corrected chi connectivity index (χ0v) is 19.7. The largest absolute Gasteiger partial charge is 0.497 e. The number of likely N-dealkylation sites (tertiary alicyclic amines) is 1. The summed E-state index contributed by atoms with van der Waals surface area (Å²) in [6.07, 6.45) is 4.76. The van der Waals surface area contributed by atoms with Crippen molar-refractivity contribution in [1.82, 2.24) is 15.5 Å². The number of guanidine groups is 1. The Bertz CT molecular complexity index is 699. The molecule has 0 amide bonds. The molecule has 0 radical (unpaired) electrons. The van der Waals surface area contributed by atoms with Crippen molar-refractivity contribution in [2.75, 3.05) is 53.6 Å². The van der Waals surface area contributed by atoms with Gasteiger partial charge in [-0.3, -0.25) is 9.89 Å². The van der Waals surface area contributed by atoms with Gasteiger partial charge in [-0.2, -0.15) is 0 Å². The van der Waals surface area contributed by atoms with Crippen LogP contribution in [0.3, 0.4) is 0 Å². The summed E-state index contributed by atoms with van der Waals surface area (Å²) in [5.41, 5.74) is 1.58. The van der Waals surface area contributed by atoms with Crippen molar-refractivity contribution in [3.8, 4) is 11.5 Å². The van der Waals surface area contributed by atoms with Crippen LogP contribution >= 0.6 is 0 Å². The van der Waals surface area contributed by atoms with Gasteiger partial charge in [-0.05, 0) is 62.6 Å². The maximum Gasteiger partial charge on any atom is 0.191 e. The molecule has 3 rings (SSSR count). The van der Waals surface area contributed by atoms with Crippen molar-refractivity contribution in [2.45, 2.75) is 52.1 Å². The van der Waals surface area contributed by atoms with Crippen LogP contribution in [0.5, 0.6) is 11.5 Å². The van der Waals surface area contributed by atoms with E-state index in [1.165, 1.54) is 18.4 Å². The van der Waals surface area contributed by atoms with E-state index in [2.05, 4.69) is 41.5 Å². The second-order valence-electron chi connectivity index (χ2n) is 8.73. The van der Waals surface area contributed by atoms with Gasteiger partial charge in [0.1, 0.15) is 11.5 Å². The molecule has 2 fully saturated rings. The van der Waals surface area contributed by atoms with E-state index in [1.54, 1.807) is 14.2 Å². The minimum Gasteiger partial charge on any atom is -0.497 e. The van der Waals surface area contributed by atoms with Crippen LogP contribution in [0, 0.1) is 5.41 Å². The Kier molecular flexibility index (Phi) is 8.84.